The first-order chi connectivity index (χ1) is 10.6. The summed E-state index contributed by atoms with van der Waals surface area (Å²) < 4.78 is 67.4. The smallest absolute Gasteiger partial charge is 0.390 e. The molecule has 138 valence electrons. The molecule has 1 aliphatic heterocycles. The van der Waals surface area contributed by atoms with Crippen molar-refractivity contribution in [2.45, 2.75) is 18.1 Å². The molecule has 1 atom stereocenters. The maximum Gasteiger partial charge on any atom is 0.416 e. The molecule has 0 radical (unpaired) electrons. The molecule has 0 unspecified atom stereocenters. The van der Waals surface area contributed by atoms with Crippen molar-refractivity contribution >= 4 is 28.3 Å². The van der Waals surface area contributed by atoms with Gasteiger partial charge < -0.3 is 10.4 Å². The molecule has 0 aliphatic carbocycles. The number of alkyl halides is 5. The summed E-state index contributed by atoms with van der Waals surface area (Å²) in [7, 11) is 0. The van der Waals surface area contributed by atoms with Gasteiger partial charge in [0.25, 0.3) is 5.92 Å². The van der Waals surface area contributed by atoms with Crippen molar-refractivity contribution in [3.63, 3.8) is 0 Å². The number of benzene rings is 1. The molecule has 3 nitrogen and oxygen atoms in total. The number of piperazine rings is 1. The van der Waals surface area contributed by atoms with Crippen LogP contribution in [0.15, 0.2) is 22.7 Å². The van der Waals surface area contributed by atoms with Crippen molar-refractivity contribution in [1.29, 1.82) is 0 Å². The zero-order chi connectivity index (χ0) is 17.3. The molecule has 1 aromatic rings. The van der Waals surface area contributed by atoms with E-state index >= 15 is 0 Å². The Balaban J connectivity index is 0.00000288. The summed E-state index contributed by atoms with van der Waals surface area (Å²) in [5, 5.41) is 12.0. The number of rotatable bonds is 4. The van der Waals surface area contributed by atoms with Crippen LogP contribution >= 0.6 is 28.3 Å². The van der Waals surface area contributed by atoms with Crippen LogP contribution in [0.2, 0.25) is 0 Å². The minimum atomic E-state index is -4.64. The average molecular weight is 440 g/mol. The molecule has 2 N–H and O–H groups in total. The largest absolute Gasteiger partial charge is 0.416 e. The summed E-state index contributed by atoms with van der Waals surface area (Å²) in [6.07, 6.45) is -4.64. The number of hydrogen-bond donors (Lipinski definition) is 2. The van der Waals surface area contributed by atoms with Gasteiger partial charge in [0.15, 0.2) is 0 Å². The van der Waals surface area contributed by atoms with Gasteiger partial charge in [-0.3, -0.25) is 4.90 Å². The van der Waals surface area contributed by atoms with E-state index in [0.29, 0.717) is 13.1 Å². The number of halogens is 7. The molecule has 2 rings (SSSR count). The lowest BCUT2D eigenvalue weighted by Crippen LogP contribution is -2.51. The van der Waals surface area contributed by atoms with Gasteiger partial charge >= 0.3 is 6.18 Å². The summed E-state index contributed by atoms with van der Waals surface area (Å²) in [6.45, 7) is -0.00597. The predicted octanol–water partition coefficient (Wildman–Crippen LogP) is 3.46. The molecular weight excluding hydrogens is 423 g/mol. The van der Waals surface area contributed by atoms with Gasteiger partial charge in [0.1, 0.15) is 12.6 Å². The van der Waals surface area contributed by atoms with Gasteiger partial charge in [-0.2, -0.15) is 13.2 Å². The molecule has 1 heterocycles. The molecule has 1 fully saturated rings. The molecule has 24 heavy (non-hydrogen) atoms. The molecule has 0 spiro atoms. The molecule has 1 aromatic carbocycles. The Morgan fingerprint density at radius 2 is 1.71 bits per heavy atom. The van der Waals surface area contributed by atoms with Gasteiger partial charge in [0.05, 0.1) is 5.56 Å². The minimum Gasteiger partial charge on any atom is -0.390 e. The van der Waals surface area contributed by atoms with Gasteiger partial charge in [-0.05, 0) is 23.8 Å². The second-order valence-electron chi connectivity index (χ2n) is 5.38. The highest BCUT2D eigenvalue weighted by Gasteiger charge is 2.45. The molecular formula is C14H17BrClF5N2O. The van der Waals surface area contributed by atoms with Crippen LogP contribution in [0, 0.1) is 0 Å². The van der Waals surface area contributed by atoms with Crippen LogP contribution in [0.25, 0.3) is 0 Å². The van der Waals surface area contributed by atoms with E-state index in [1.54, 1.807) is 0 Å². The highest BCUT2D eigenvalue weighted by molar-refractivity contribution is 9.10. The number of hydrogen-bond acceptors (Lipinski definition) is 3. The van der Waals surface area contributed by atoms with E-state index in [4.69, 9.17) is 5.11 Å². The van der Waals surface area contributed by atoms with Crippen LogP contribution < -0.4 is 5.32 Å². The first kappa shape index (κ1) is 21.6. The van der Waals surface area contributed by atoms with Crippen LogP contribution in [0.4, 0.5) is 22.0 Å². The maximum absolute atomic E-state index is 14.2. The summed E-state index contributed by atoms with van der Waals surface area (Å²) in [4.78, 5) is 1.40. The van der Waals surface area contributed by atoms with Crippen molar-refractivity contribution in [2.24, 2.45) is 0 Å². The fraction of sp³-hybridized carbons (Fsp3) is 0.571. The lowest BCUT2D eigenvalue weighted by atomic mass is 9.96. The zero-order valence-corrected chi connectivity index (χ0v) is 14.8. The molecule has 0 aromatic heterocycles. The van der Waals surface area contributed by atoms with Crippen molar-refractivity contribution in [3.8, 4) is 0 Å². The second-order valence-corrected chi connectivity index (χ2v) is 6.29. The molecule has 0 saturated carbocycles. The third-order valence-electron chi connectivity index (χ3n) is 3.69. The van der Waals surface area contributed by atoms with E-state index in [2.05, 4.69) is 21.2 Å². The average Bonchev–Trinajstić information content (AvgIpc) is 2.47. The maximum atomic E-state index is 14.2. The van der Waals surface area contributed by atoms with Crippen LogP contribution in [0.3, 0.4) is 0 Å². The first-order valence-corrected chi connectivity index (χ1v) is 7.75. The van der Waals surface area contributed by atoms with Crippen LogP contribution in [-0.2, 0) is 6.18 Å². The standard InChI is InChI=1S/C14H16BrF5N2O.ClH/c15-11-6-9(5-10(7-11)14(18,19)20)12(13(16,17)8-23)22-3-1-21-2-4-22;/h5-7,12,21,23H,1-4,8H2;1H/t12-;/m1./s1. The second kappa shape index (κ2) is 8.27. The highest BCUT2D eigenvalue weighted by Crippen LogP contribution is 2.40. The first-order valence-electron chi connectivity index (χ1n) is 6.96. The van der Waals surface area contributed by atoms with Gasteiger partial charge in [0, 0.05) is 30.7 Å². The van der Waals surface area contributed by atoms with Crippen molar-refractivity contribution in [2.75, 3.05) is 32.8 Å². The Bertz CT molecular complexity index is 552. The Labute approximate surface area is 150 Å². The lowest BCUT2D eigenvalue weighted by Gasteiger charge is -2.39. The Morgan fingerprint density at radius 1 is 1.12 bits per heavy atom. The Morgan fingerprint density at radius 3 is 2.21 bits per heavy atom. The van der Waals surface area contributed by atoms with Gasteiger partial charge in [-0.15, -0.1) is 12.4 Å². The van der Waals surface area contributed by atoms with E-state index in [1.165, 1.54) is 11.0 Å². The zero-order valence-electron chi connectivity index (χ0n) is 12.4. The SMILES string of the molecule is Cl.OCC(F)(F)[C@@H](c1cc(Br)cc(C(F)(F)F)c1)N1CCNCC1. The fourth-order valence-electron chi connectivity index (χ4n) is 2.68. The number of nitrogens with zero attached hydrogens (tertiary/aromatic N) is 1. The van der Waals surface area contributed by atoms with Crippen molar-refractivity contribution < 1.29 is 27.1 Å². The number of aliphatic hydroxyl groups is 1. The van der Waals surface area contributed by atoms with E-state index in [-0.39, 0.29) is 35.5 Å². The quantitative estimate of drug-likeness (QED) is 0.706. The predicted molar refractivity (Wildman–Crippen MR) is 85.6 cm³/mol. The molecule has 1 aliphatic rings. The van der Waals surface area contributed by atoms with Crippen molar-refractivity contribution in [3.05, 3.63) is 33.8 Å². The third kappa shape index (κ3) is 5.01. The van der Waals surface area contributed by atoms with E-state index in [1.807, 2.05) is 0 Å². The summed E-state index contributed by atoms with van der Waals surface area (Å²) >= 11 is 2.95. The third-order valence-corrected chi connectivity index (χ3v) is 4.15. The summed E-state index contributed by atoms with van der Waals surface area (Å²) in [5.74, 6) is -3.55. The number of nitrogens with one attached hydrogen (secondary N) is 1. The Hall–Kier alpha value is -0.480. The lowest BCUT2D eigenvalue weighted by molar-refractivity contribution is -0.138. The summed E-state index contributed by atoms with van der Waals surface area (Å²) in [5.41, 5.74) is -1.18. The Kier molecular flexibility index (Phi) is 7.43. The van der Waals surface area contributed by atoms with Crippen LogP contribution in [0.5, 0.6) is 0 Å². The fourth-order valence-corrected chi connectivity index (χ4v) is 3.19. The monoisotopic (exact) mass is 438 g/mol. The van der Waals surface area contributed by atoms with Crippen LogP contribution in [0.1, 0.15) is 17.2 Å². The summed E-state index contributed by atoms with van der Waals surface area (Å²) in [6, 6.07) is 1.19. The van der Waals surface area contributed by atoms with Crippen molar-refractivity contribution in [1.82, 2.24) is 10.2 Å². The minimum absolute atomic E-state index is 0. The van der Waals surface area contributed by atoms with E-state index < -0.39 is 30.3 Å². The molecule has 0 amide bonds. The normalized spacial score (nSPS) is 18.1. The van der Waals surface area contributed by atoms with Gasteiger partial charge in [0.2, 0.25) is 0 Å². The molecule has 1 saturated heterocycles. The highest BCUT2D eigenvalue weighted by atomic mass is 79.9. The molecule has 0 bridgehead atoms. The van der Waals surface area contributed by atoms with Crippen LogP contribution in [-0.4, -0.2) is 48.7 Å². The van der Waals surface area contributed by atoms with Gasteiger partial charge in [-0.25, -0.2) is 8.78 Å². The van der Waals surface area contributed by atoms with Gasteiger partial charge in [-0.1, -0.05) is 15.9 Å². The molecule has 10 heteroatoms. The van der Waals surface area contributed by atoms with E-state index in [0.717, 1.165) is 12.1 Å². The number of aliphatic hydroxyl groups excluding tert-OH is 1. The topological polar surface area (TPSA) is 35.5 Å². The van der Waals surface area contributed by atoms with E-state index in [9.17, 15) is 22.0 Å².